The van der Waals surface area contributed by atoms with Crippen LogP contribution < -0.4 is 16.4 Å². The van der Waals surface area contributed by atoms with Crippen molar-refractivity contribution in [2.75, 3.05) is 6.54 Å². The van der Waals surface area contributed by atoms with Gasteiger partial charge in [-0.1, -0.05) is 30.3 Å². The van der Waals surface area contributed by atoms with Crippen LogP contribution in [0.15, 0.2) is 42.5 Å². The predicted molar refractivity (Wildman–Crippen MR) is 108 cm³/mol. The number of carbonyl (C=O) groups excluding carboxylic acids is 3. The van der Waals surface area contributed by atoms with Crippen molar-refractivity contribution in [1.29, 1.82) is 0 Å². The Morgan fingerprint density at radius 3 is 2.66 bits per heavy atom. The minimum Gasteiger partial charge on any atom is -0.366 e. The quantitative estimate of drug-likeness (QED) is 0.620. The molecule has 0 aliphatic carbocycles. The number of benzene rings is 2. The number of hydrogen-bond donors (Lipinski definition) is 3. The first-order chi connectivity index (χ1) is 13.9. The number of nitrogens with one attached hydrogen (secondary N) is 2. The fourth-order valence-corrected chi connectivity index (χ4v) is 3.65. The van der Waals surface area contributed by atoms with E-state index in [4.69, 9.17) is 5.73 Å². The van der Waals surface area contributed by atoms with Gasteiger partial charge in [0.25, 0.3) is 0 Å². The van der Waals surface area contributed by atoms with Crippen molar-refractivity contribution in [1.82, 2.24) is 10.6 Å². The summed E-state index contributed by atoms with van der Waals surface area (Å²) in [5.74, 6) is -1.03. The lowest BCUT2D eigenvalue weighted by atomic mass is 9.93. The molecule has 0 aromatic heterocycles. The number of amides is 2. The smallest absolute Gasteiger partial charge is 0.249 e. The molecule has 0 unspecified atom stereocenters. The molecule has 1 saturated heterocycles. The number of hydrogen-bond acceptors (Lipinski definition) is 4. The van der Waals surface area contributed by atoms with Crippen LogP contribution in [0.5, 0.6) is 0 Å². The summed E-state index contributed by atoms with van der Waals surface area (Å²) in [4.78, 5) is 34.4. The molecule has 6 nitrogen and oxygen atoms in total. The lowest BCUT2D eigenvalue weighted by Crippen LogP contribution is -2.44. The van der Waals surface area contributed by atoms with Gasteiger partial charge >= 0.3 is 0 Å². The van der Waals surface area contributed by atoms with E-state index in [-0.39, 0.29) is 17.5 Å². The average molecular weight is 397 g/mol. The van der Waals surface area contributed by atoms with Crippen LogP contribution in [0.2, 0.25) is 0 Å². The zero-order valence-corrected chi connectivity index (χ0v) is 16.2. The third-order valence-electron chi connectivity index (χ3n) is 5.15. The summed E-state index contributed by atoms with van der Waals surface area (Å²) in [6.45, 7) is 2.36. The number of halogens is 1. The topological polar surface area (TPSA) is 101 Å². The van der Waals surface area contributed by atoms with E-state index in [9.17, 15) is 18.8 Å². The van der Waals surface area contributed by atoms with Gasteiger partial charge in [0.2, 0.25) is 11.8 Å². The van der Waals surface area contributed by atoms with E-state index in [1.54, 1.807) is 13.0 Å². The average Bonchev–Trinajstić information content (AvgIpc) is 3.17. The molecule has 3 rings (SSSR count). The highest BCUT2D eigenvalue weighted by atomic mass is 19.1. The maximum atomic E-state index is 13.4. The first-order valence-corrected chi connectivity index (χ1v) is 9.55. The third kappa shape index (κ3) is 5.06. The summed E-state index contributed by atoms with van der Waals surface area (Å²) >= 11 is 0. The van der Waals surface area contributed by atoms with E-state index < -0.39 is 17.8 Å². The predicted octanol–water partition coefficient (Wildman–Crippen LogP) is 1.82. The molecule has 0 radical (unpaired) electrons. The highest BCUT2D eigenvalue weighted by molar-refractivity contribution is 5.99. The second-order valence-corrected chi connectivity index (χ2v) is 7.45. The van der Waals surface area contributed by atoms with E-state index in [0.29, 0.717) is 24.2 Å². The van der Waals surface area contributed by atoms with Gasteiger partial charge in [0.15, 0.2) is 0 Å². The molecule has 0 bridgehead atoms. The summed E-state index contributed by atoms with van der Waals surface area (Å²) in [6, 6.07) is 10.9. The van der Waals surface area contributed by atoms with Crippen molar-refractivity contribution >= 4 is 18.1 Å². The SMILES string of the molecule is C[C@@H](C=O)NC(=O)[C@H]1C[C@H](Cc2ccc(-c3ccc(F)cc3C(N)=O)cc2)CN1. The molecule has 152 valence electrons. The van der Waals surface area contributed by atoms with Crippen LogP contribution in [0.4, 0.5) is 4.39 Å². The second kappa shape index (κ2) is 8.96. The minimum absolute atomic E-state index is 0.149. The number of carbonyl (C=O) groups is 3. The molecule has 0 spiro atoms. The van der Waals surface area contributed by atoms with E-state index in [0.717, 1.165) is 30.2 Å². The van der Waals surface area contributed by atoms with Crippen LogP contribution in [-0.4, -0.2) is 36.7 Å². The number of aldehydes is 1. The van der Waals surface area contributed by atoms with E-state index in [1.807, 2.05) is 24.3 Å². The molecule has 2 aromatic carbocycles. The van der Waals surface area contributed by atoms with Crippen molar-refractivity contribution in [3.05, 3.63) is 59.4 Å². The maximum Gasteiger partial charge on any atom is 0.249 e. The van der Waals surface area contributed by atoms with Crippen LogP contribution >= 0.6 is 0 Å². The fraction of sp³-hybridized carbons (Fsp3) is 0.318. The molecule has 1 fully saturated rings. The molecule has 1 aliphatic heterocycles. The Balaban J connectivity index is 1.64. The normalized spacial score (nSPS) is 19.5. The Kier molecular flexibility index (Phi) is 6.39. The largest absolute Gasteiger partial charge is 0.366 e. The van der Waals surface area contributed by atoms with Crippen molar-refractivity contribution in [2.24, 2.45) is 11.7 Å². The van der Waals surface area contributed by atoms with E-state index in [1.165, 1.54) is 6.07 Å². The van der Waals surface area contributed by atoms with Crippen LogP contribution in [0, 0.1) is 11.7 Å². The molecule has 2 amide bonds. The highest BCUT2D eigenvalue weighted by Gasteiger charge is 2.29. The summed E-state index contributed by atoms with van der Waals surface area (Å²) in [6.07, 6.45) is 2.20. The molecule has 2 aromatic rings. The molecule has 1 aliphatic rings. The Bertz CT molecular complexity index is 914. The van der Waals surface area contributed by atoms with Crippen LogP contribution in [-0.2, 0) is 16.0 Å². The Morgan fingerprint density at radius 2 is 2.00 bits per heavy atom. The van der Waals surface area contributed by atoms with Crippen molar-refractivity contribution < 1.29 is 18.8 Å². The van der Waals surface area contributed by atoms with Crippen LogP contribution in [0.1, 0.15) is 29.3 Å². The van der Waals surface area contributed by atoms with Crippen molar-refractivity contribution in [3.8, 4) is 11.1 Å². The first-order valence-electron chi connectivity index (χ1n) is 9.55. The summed E-state index contributed by atoms with van der Waals surface area (Å²) in [5.41, 5.74) is 8.00. The lowest BCUT2D eigenvalue weighted by molar-refractivity contribution is -0.125. The van der Waals surface area contributed by atoms with Crippen LogP contribution in [0.25, 0.3) is 11.1 Å². The van der Waals surface area contributed by atoms with Gasteiger partial charge in [-0.3, -0.25) is 9.59 Å². The highest BCUT2D eigenvalue weighted by Crippen LogP contribution is 2.26. The molecule has 4 N–H and O–H groups in total. The molecule has 1 heterocycles. The van der Waals surface area contributed by atoms with Gasteiger partial charge in [0.1, 0.15) is 12.1 Å². The minimum atomic E-state index is -0.672. The maximum absolute atomic E-state index is 13.4. The monoisotopic (exact) mass is 397 g/mol. The third-order valence-corrected chi connectivity index (χ3v) is 5.15. The van der Waals surface area contributed by atoms with Crippen LogP contribution in [0.3, 0.4) is 0 Å². The van der Waals surface area contributed by atoms with Gasteiger partial charge < -0.3 is 21.2 Å². The standard InChI is InChI=1S/C22H24FN3O3/c1-13(12-27)26-22(29)20-9-15(11-25-20)8-14-2-4-16(5-3-14)18-7-6-17(23)10-19(18)21(24)28/h2-7,10,12-13,15,20,25H,8-9,11H2,1H3,(H2,24,28)(H,26,29)/t13-,15-,20+/m0/s1. The first kappa shape index (κ1) is 20.7. The summed E-state index contributed by atoms with van der Waals surface area (Å²) in [7, 11) is 0. The molecule has 3 atom stereocenters. The van der Waals surface area contributed by atoms with Crippen molar-refractivity contribution in [2.45, 2.75) is 31.8 Å². The Labute approximate surface area is 168 Å². The van der Waals surface area contributed by atoms with Gasteiger partial charge in [-0.05, 0) is 61.1 Å². The molecule has 7 heteroatoms. The van der Waals surface area contributed by atoms with E-state index in [2.05, 4.69) is 10.6 Å². The summed E-state index contributed by atoms with van der Waals surface area (Å²) < 4.78 is 13.4. The zero-order chi connectivity index (χ0) is 21.0. The van der Waals surface area contributed by atoms with Gasteiger partial charge in [-0.15, -0.1) is 0 Å². The second-order valence-electron chi connectivity index (χ2n) is 7.45. The Morgan fingerprint density at radius 1 is 1.28 bits per heavy atom. The van der Waals surface area contributed by atoms with Crippen molar-refractivity contribution in [3.63, 3.8) is 0 Å². The number of primary amides is 1. The van der Waals surface area contributed by atoms with E-state index >= 15 is 0 Å². The van der Waals surface area contributed by atoms with Gasteiger partial charge in [0, 0.05) is 5.56 Å². The fourth-order valence-electron chi connectivity index (χ4n) is 3.65. The van der Waals surface area contributed by atoms with Gasteiger partial charge in [-0.25, -0.2) is 4.39 Å². The lowest BCUT2D eigenvalue weighted by Gasteiger charge is -2.13. The van der Waals surface area contributed by atoms with Gasteiger partial charge in [-0.2, -0.15) is 0 Å². The molecule has 0 saturated carbocycles. The zero-order valence-electron chi connectivity index (χ0n) is 16.2. The molecular formula is C22H24FN3O3. The summed E-state index contributed by atoms with van der Waals surface area (Å²) in [5, 5.41) is 5.87. The molecule has 29 heavy (non-hydrogen) atoms. The number of nitrogens with two attached hydrogens (primary N) is 1. The Hall–Kier alpha value is -3.06. The van der Waals surface area contributed by atoms with Gasteiger partial charge in [0.05, 0.1) is 12.1 Å². The molecular weight excluding hydrogens is 373 g/mol. The number of rotatable bonds is 7.